The molecule has 2 aromatic rings. The van der Waals surface area contributed by atoms with Crippen LogP contribution in [0.2, 0.25) is 0 Å². The van der Waals surface area contributed by atoms with Crippen molar-refractivity contribution in [2.24, 2.45) is 0 Å². The molecule has 8 nitrogen and oxygen atoms in total. The number of non-ortho nitro benzene ring substituents is 1. The van der Waals surface area contributed by atoms with Gasteiger partial charge in [-0.3, -0.25) is 14.8 Å². The molecule has 2 rings (SSSR count). The molecule has 128 valence electrons. The molecule has 0 unspecified atom stereocenters. The van der Waals surface area contributed by atoms with Crippen LogP contribution in [0.25, 0.3) is 0 Å². The van der Waals surface area contributed by atoms with E-state index >= 15 is 0 Å². The van der Waals surface area contributed by atoms with Gasteiger partial charge in [-0.05, 0) is 30.7 Å². The van der Waals surface area contributed by atoms with Gasteiger partial charge < -0.3 is 9.47 Å². The molecule has 0 aliphatic carbocycles. The summed E-state index contributed by atoms with van der Waals surface area (Å²) in [6, 6.07) is 8.26. The Morgan fingerprint density at radius 1 is 1.08 bits per heavy atom. The lowest BCUT2D eigenvalue weighted by Gasteiger charge is -2.14. The molecule has 0 atom stereocenters. The molecular weight excluding hydrogens is 336 g/mol. The topological polar surface area (TPSA) is 108 Å². The average Bonchev–Trinajstić information content (AvgIpc) is 2.55. The van der Waals surface area contributed by atoms with Crippen LogP contribution in [0.1, 0.15) is 5.56 Å². The zero-order chi connectivity index (χ0) is 17.9. The number of nitro benzene ring substituents is 1. The van der Waals surface area contributed by atoms with Gasteiger partial charge in [-0.25, -0.2) is 8.42 Å². The van der Waals surface area contributed by atoms with Gasteiger partial charge in [-0.2, -0.15) is 0 Å². The second-order valence-electron chi connectivity index (χ2n) is 4.88. The van der Waals surface area contributed by atoms with Crippen molar-refractivity contribution in [3.8, 4) is 11.5 Å². The fraction of sp³-hybridized carbons (Fsp3) is 0.200. The molecule has 0 radical (unpaired) electrons. The number of aryl methyl sites for hydroxylation is 1. The lowest BCUT2D eigenvalue weighted by atomic mass is 10.2. The van der Waals surface area contributed by atoms with E-state index in [1.807, 2.05) is 0 Å². The molecule has 0 amide bonds. The summed E-state index contributed by atoms with van der Waals surface area (Å²) in [5, 5.41) is 10.8. The van der Waals surface area contributed by atoms with Crippen molar-refractivity contribution in [3.63, 3.8) is 0 Å². The van der Waals surface area contributed by atoms with E-state index in [0.717, 1.165) is 0 Å². The van der Waals surface area contributed by atoms with Crippen molar-refractivity contribution in [1.29, 1.82) is 0 Å². The van der Waals surface area contributed by atoms with E-state index in [9.17, 15) is 18.5 Å². The Kier molecular flexibility index (Phi) is 4.93. The first-order valence-corrected chi connectivity index (χ1v) is 8.26. The summed E-state index contributed by atoms with van der Waals surface area (Å²) in [7, 11) is -1.19. The fourth-order valence-corrected chi connectivity index (χ4v) is 3.39. The molecule has 0 aliphatic heterocycles. The molecule has 0 fully saturated rings. The molecule has 0 spiro atoms. The van der Waals surface area contributed by atoms with Crippen LogP contribution in [-0.4, -0.2) is 27.6 Å². The number of ether oxygens (including phenoxy) is 2. The summed E-state index contributed by atoms with van der Waals surface area (Å²) < 4.78 is 37.8. The highest BCUT2D eigenvalue weighted by atomic mass is 32.2. The number of rotatable bonds is 6. The molecule has 0 bridgehead atoms. The van der Waals surface area contributed by atoms with Crippen LogP contribution in [0, 0.1) is 17.0 Å². The quantitative estimate of drug-likeness (QED) is 0.632. The Morgan fingerprint density at radius 3 is 2.33 bits per heavy atom. The summed E-state index contributed by atoms with van der Waals surface area (Å²) in [5.74, 6) is 0.513. The largest absolute Gasteiger partial charge is 0.497 e. The molecule has 2 aromatic carbocycles. The Hall–Kier alpha value is -2.81. The van der Waals surface area contributed by atoms with E-state index in [0.29, 0.717) is 11.3 Å². The maximum atomic E-state index is 12.6. The molecule has 9 heteroatoms. The third-order valence-electron chi connectivity index (χ3n) is 3.33. The van der Waals surface area contributed by atoms with Gasteiger partial charge in [-0.15, -0.1) is 0 Å². The van der Waals surface area contributed by atoms with E-state index < -0.39 is 14.9 Å². The predicted octanol–water partition coefficient (Wildman–Crippen LogP) is 2.72. The Balaban J connectivity index is 2.44. The minimum atomic E-state index is -3.97. The van der Waals surface area contributed by atoms with Crippen LogP contribution in [0.5, 0.6) is 11.5 Å². The van der Waals surface area contributed by atoms with Crippen molar-refractivity contribution in [3.05, 3.63) is 52.1 Å². The molecule has 1 N–H and O–H groups in total. The second-order valence-corrected chi connectivity index (χ2v) is 6.53. The normalized spacial score (nSPS) is 11.0. The second kappa shape index (κ2) is 6.75. The number of sulfonamides is 1. The zero-order valence-electron chi connectivity index (χ0n) is 13.3. The summed E-state index contributed by atoms with van der Waals surface area (Å²) >= 11 is 0. The van der Waals surface area contributed by atoms with Gasteiger partial charge in [0.25, 0.3) is 15.7 Å². The molecule has 0 aliphatic rings. The maximum Gasteiger partial charge on any atom is 0.269 e. The number of nitrogens with one attached hydrogen (secondary N) is 1. The van der Waals surface area contributed by atoms with Crippen LogP contribution in [0.3, 0.4) is 0 Å². The minimum absolute atomic E-state index is 0.0953. The van der Waals surface area contributed by atoms with Gasteiger partial charge in [0.1, 0.15) is 16.4 Å². The van der Waals surface area contributed by atoms with E-state index in [4.69, 9.17) is 9.47 Å². The third kappa shape index (κ3) is 3.57. The van der Waals surface area contributed by atoms with Crippen molar-refractivity contribution in [2.45, 2.75) is 11.8 Å². The van der Waals surface area contributed by atoms with Crippen molar-refractivity contribution >= 4 is 21.4 Å². The van der Waals surface area contributed by atoms with Crippen LogP contribution >= 0.6 is 0 Å². The molecule has 0 heterocycles. The third-order valence-corrected chi connectivity index (χ3v) is 4.71. The number of nitrogens with zero attached hydrogens (tertiary/aromatic N) is 1. The van der Waals surface area contributed by atoms with Gasteiger partial charge in [0.2, 0.25) is 0 Å². The predicted molar refractivity (Wildman–Crippen MR) is 88.2 cm³/mol. The molecule has 0 saturated heterocycles. The van der Waals surface area contributed by atoms with E-state index in [-0.39, 0.29) is 22.0 Å². The summed E-state index contributed by atoms with van der Waals surface area (Å²) in [6.07, 6.45) is 0. The molecule has 0 aromatic heterocycles. The Bertz CT molecular complexity index is 880. The lowest BCUT2D eigenvalue weighted by molar-refractivity contribution is -0.384. The smallest absolute Gasteiger partial charge is 0.269 e. The first kappa shape index (κ1) is 17.5. The Labute approximate surface area is 139 Å². The highest BCUT2D eigenvalue weighted by molar-refractivity contribution is 7.92. The summed E-state index contributed by atoms with van der Waals surface area (Å²) in [6.45, 7) is 1.58. The summed E-state index contributed by atoms with van der Waals surface area (Å²) in [4.78, 5) is 10.1. The number of nitro groups is 1. The number of methoxy groups -OCH3 is 2. The highest BCUT2D eigenvalue weighted by Gasteiger charge is 2.22. The number of hydrogen-bond acceptors (Lipinski definition) is 6. The van der Waals surface area contributed by atoms with Crippen LogP contribution in [0.4, 0.5) is 11.4 Å². The molecular formula is C15H16N2O6S. The maximum absolute atomic E-state index is 12.6. The van der Waals surface area contributed by atoms with Gasteiger partial charge in [0.05, 0.1) is 24.8 Å². The highest BCUT2D eigenvalue weighted by Crippen LogP contribution is 2.31. The van der Waals surface area contributed by atoms with Gasteiger partial charge >= 0.3 is 0 Å². The van der Waals surface area contributed by atoms with E-state index in [2.05, 4.69) is 4.72 Å². The molecule has 0 saturated carbocycles. The van der Waals surface area contributed by atoms with Gasteiger partial charge in [-0.1, -0.05) is 0 Å². The van der Waals surface area contributed by atoms with Crippen molar-refractivity contribution < 1.29 is 22.8 Å². The zero-order valence-corrected chi connectivity index (χ0v) is 14.1. The van der Waals surface area contributed by atoms with Crippen molar-refractivity contribution in [1.82, 2.24) is 0 Å². The Morgan fingerprint density at radius 2 is 1.79 bits per heavy atom. The van der Waals surface area contributed by atoms with Crippen molar-refractivity contribution in [2.75, 3.05) is 18.9 Å². The van der Waals surface area contributed by atoms with Gasteiger partial charge in [0.15, 0.2) is 0 Å². The lowest BCUT2D eigenvalue weighted by Crippen LogP contribution is -2.15. The number of anilines is 1. The SMILES string of the molecule is COc1ccc(OC)c(S(=O)(=O)Nc2ccc([N+](=O)[O-])cc2C)c1. The monoisotopic (exact) mass is 352 g/mol. The average molecular weight is 352 g/mol. The van der Waals surface area contributed by atoms with Crippen LogP contribution in [-0.2, 0) is 10.0 Å². The number of hydrogen-bond donors (Lipinski definition) is 1. The van der Waals surface area contributed by atoms with E-state index in [1.54, 1.807) is 13.0 Å². The first-order chi connectivity index (χ1) is 11.3. The number of benzene rings is 2. The molecule has 24 heavy (non-hydrogen) atoms. The standard InChI is InChI=1S/C15H16N2O6S/c1-10-8-11(17(18)19)4-6-13(10)16-24(20,21)15-9-12(22-2)5-7-14(15)23-3/h4-9,16H,1-3H3. The minimum Gasteiger partial charge on any atom is -0.497 e. The van der Waals surface area contributed by atoms with E-state index in [1.165, 1.54) is 44.6 Å². The van der Waals surface area contributed by atoms with Gasteiger partial charge in [0, 0.05) is 18.2 Å². The van der Waals surface area contributed by atoms with Crippen LogP contribution < -0.4 is 14.2 Å². The fourth-order valence-electron chi connectivity index (χ4n) is 2.07. The first-order valence-electron chi connectivity index (χ1n) is 6.78. The summed E-state index contributed by atoms with van der Waals surface area (Å²) in [5.41, 5.74) is 0.550. The van der Waals surface area contributed by atoms with Crippen LogP contribution in [0.15, 0.2) is 41.3 Å².